The summed E-state index contributed by atoms with van der Waals surface area (Å²) in [6.45, 7) is 2.36. The van der Waals surface area contributed by atoms with E-state index in [2.05, 4.69) is 36.7 Å². The van der Waals surface area contributed by atoms with E-state index in [9.17, 15) is 9.65 Å². The largest absolute Gasteiger partial charge is 0.473 e. The Morgan fingerprint density at radius 3 is 2.82 bits per heavy atom. The normalized spacial score (nSPS) is 11.9. The van der Waals surface area contributed by atoms with Crippen LogP contribution < -0.4 is 4.74 Å². The zero-order chi connectivity index (χ0) is 22.8. The van der Waals surface area contributed by atoms with Crippen LogP contribution in [0.2, 0.25) is 0 Å². The third-order valence-electron chi connectivity index (χ3n) is 4.90. The fraction of sp³-hybridized carbons (Fsp3) is 0.136. The van der Waals surface area contributed by atoms with Crippen LogP contribution in [0.25, 0.3) is 28.2 Å². The van der Waals surface area contributed by atoms with Crippen LogP contribution in [0, 0.1) is 17.1 Å². The predicted molar refractivity (Wildman–Crippen MR) is 114 cm³/mol. The summed E-state index contributed by atoms with van der Waals surface area (Å²) in [6, 6.07) is 13.3. The van der Waals surface area contributed by atoms with Gasteiger partial charge in [-0.15, -0.1) is 5.10 Å². The maximum absolute atomic E-state index is 13.9. The second-order valence-electron chi connectivity index (χ2n) is 7.26. The highest BCUT2D eigenvalue weighted by atomic mass is 19.1. The minimum absolute atomic E-state index is 0.217. The minimum Gasteiger partial charge on any atom is -0.473 e. The van der Waals surface area contributed by atoms with Crippen molar-refractivity contribution in [2.75, 3.05) is 0 Å². The molecule has 0 saturated carbocycles. The molecule has 0 aliphatic rings. The van der Waals surface area contributed by atoms with Gasteiger partial charge in [0.1, 0.15) is 18.2 Å². The molecule has 162 valence electrons. The number of benzene rings is 1. The molecule has 0 amide bonds. The number of hydrogen-bond acceptors (Lipinski definition) is 8. The van der Waals surface area contributed by atoms with Crippen molar-refractivity contribution in [2.45, 2.75) is 19.6 Å². The summed E-state index contributed by atoms with van der Waals surface area (Å²) in [5, 5.41) is 24.8. The molecule has 0 aliphatic carbocycles. The number of ether oxygens (including phenoxy) is 1. The maximum Gasteiger partial charge on any atom is 0.214 e. The van der Waals surface area contributed by atoms with Gasteiger partial charge in [0.15, 0.2) is 5.65 Å². The van der Waals surface area contributed by atoms with Crippen molar-refractivity contribution >= 4 is 5.65 Å². The SMILES string of the molecule is C[C@@H](Cn1cnnn1)Oc1cccc(-c2ccn3ncc(-c4cc(F)ccc4C#N)c3n2)n1. The predicted octanol–water partition coefficient (Wildman–Crippen LogP) is 2.92. The van der Waals surface area contributed by atoms with Gasteiger partial charge in [-0.05, 0) is 47.7 Å². The van der Waals surface area contributed by atoms with E-state index >= 15 is 0 Å². The van der Waals surface area contributed by atoms with Gasteiger partial charge in [0.25, 0.3) is 0 Å². The second kappa shape index (κ2) is 8.43. The lowest BCUT2D eigenvalue weighted by atomic mass is 10.0. The molecule has 5 rings (SSSR count). The van der Waals surface area contributed by atoms with E-state index in [1.165, 1.54) is 24.5 Å². The van der Waals surface area contributed by atoms with Gasteiger partial charge >= 0.3 is 0 Å². The van der Waals surface area contributed by atoms with Gasteiger partial charge in [-0.2, -0.15) is 10.4 Å². The summed E-state index contributed by atoms with van der Waals surface area (Å²) in [7, 11) is 0. The van der Waals surface area contributed by atoms with Crippen LogP contribution in [0.4, 0.5) is 4.39 Å². The van der Waals surface area contributed by atoms with Crippen molar-refractivity contribution in [1.82, 2.24) is 39.8 Å². The summed E-state index contributed by atoms with van der Waals surface area (Å²) in [5.74, 6) is -0.0119. The van der Waals surface area contributed by atoms with E-state index in [1.807, 2.05) is 19.1 Å². The van der Waals surface area contributed by atoms with Crippen molar-refractivity contribution in [1.29, 1.82) is 5.26 Å². The third kappa shape index (κ3) is 4.09. The molecule has 4 heterocycles. The molecule has 0 radical (unpaired) electrons. The number of fused-ring (bicyclic) bond motifs is 1. The van der Waals surface area contributed by atoms with Gasteiger partial charge < -0.3 is 4.74 Å². The zero-order valence-corrected chi connectivity index (χ0v) is 17.4. The fourth-order valence-corrected chi connectivity index (χ4v) is 3.43. The third-order valence-corrected chi connectivity index (χ3v) is 4.90. The molecule has 1 aromatic carbocycles. The molecular formula is C22H16FN9O. The molecule has 0 aliphatic heterocycles. The molecule has 0 fully saturated rings. The number of nitrogens with zero attached hydrogens (tertiary/aromatic N) is 9. The highest BCUT2D eigenvalue weighted by molar-refractivity contribution is 5.81. The highest BCUT2D eigenvalue weighted by Crippen LogP contribution is 2.29. The smallest absolute Gasteiger partial charge is 0.214 e. The molecule has 0 N–H and O–H groups in total. The summed E-state index contributed by atoms with van der Waals surface area (Å²) in [5.41, 5.74) is 2.97. The van der Waals surface area contributed by atoms with Crippen LogP contribution in [-0.4, -0.2) is 45.9 Å². The fourth-order valence-electron chi connectivity index (χ4n) is 3.43. The van der Waals surface area contributed by atoms with Crippen LogP contribution in [-0.2, 0) is 6.54 Å². The molecular weight excluding hydrogens is 425 g/mol. The Kier molecular flexibility index (Phi) is 5.16. The van der Waals surface area contributed by atoms with E-state index in [0.717, 1.165) is 0 Å². The Bertz CT molecular complexity index is 1470. The first-order chi connectivity index (χ1) is 16.1. The van der Waals surface area contributed by atoms with Crippen molar-refractivity contribution in [2.24, 2.45) is 0 Å². The first kappa shape index (κ1) is 20.2. The molecule has 11 heteroatoms. The van der Waals surface area contributed by atoms with Crippen molar-refractivity contribution < 1.29 is 9.13 Å². The summed E-state index contributed by atoms with van der Waals surface area (Å²) in [4.78, 5) is 9.25. The molecule has 0 unspecified atom stereocenters. The number of hydrogen-bond donors (Lipinski definition) is 0. The van der Waals surface area contributed by atoms with Crippen LogP contribution in [0.3, 0.4) is 0 Å². The monoisotopic (exact) mass is 441 g/mol. The lowest BCUT2D eigenvalue weighted by Crippen LogP contribution is -2.20. The summed E-state index contributed by atoms with van der Waals surface area (Å²) < 4.78 is 22.9. The summed E-state index contributed by atoms with van der Waals surface area (Å²) >= 11 is 0. The number of halogens is 1. The van der Waals surface area contributed by atoms with Crippen molar-refractivity contribution in [3.05, 3.63) is 72.6 Å². The highest BCUT2D eigenvalue weighted by Gasteiger charge is 2.15. The minimum atomic E-state index is -0.443. The van der Waals surface area contributed by atoms with Crippen LogP contribution in [0.1, 0.15) is 12.5 Å². The number of pyridine rings is 1. The molecule has 33 heavy (non-hydrogen) atoms. The second-order valence-corrected chi connectivity index (χ2v) is 7.26. The van der Waals surface area contributed by atoms with E-state index < -0.39 is 5.82 Å². The van der Waals surface area contributed by atoms with E-state index in [0.29, 0.717) is 46.2 Å². The lowest BCUT2D eigenvalue weighted by Gasteiger charge is -2.13. The maximum atomic E-state index is 13.9. The lowest BCUT2D eigenvalue weighted by molar-refractivity contribution is 0.185. The van der Waals surface area contributed by atoms with Crippen molar-refractivity contribution in [3.63, 3.8) is 0 Å². The summed E-state index contributed by atoms with van der Waals surface area (Å²) in [6.07, 6.45) is 4.60. The van der Waals surface area contributed by atoms with E-state index in [4.69, 9.17) is 4.74 Å². The van der Waals surface area contributed by atoms with Gasteiger partial charge in [0.05, 0.1) is 35.8 Å². The Balaban J connectivity index is 1.48. The Morgan fingerprint density at radius 1 is 1.12 bits per heavy atom. The van der Waals surface area contributed by atoms with Gasteiger partial charge in [0.2, 0.25) is 5.88 Å². The molecule has 4 aromatic heterocycles. The van der Waals surface area contributed by atoms with E-state index in [-0.39, 0.29) is 6.10 Å². The zero-order valence-electron chi connectivity index (χ0n) is 17.4. The first-order valence-corrected chi connectivity index (χ1v) is 10.00. The number of rotatable bonds is 6. The molecule has 0 spiro atoms. The van der Waals surface area contributed by atoms with Crippen LogP contribution >= 0.6 is 0 Å². The van der Waals surface area contributed by atoms with Gasteiger partial charge in [0, 0.05) is 23.4 Å². The molecule has 5 aromatic rings. The Labute approximate surface area is 186 Å². The topological polar surface area (TPSA) is 120 Å². The average molecular weight is 441 g/mol. The Morgan fingerprint density at radius 2 is 2.00 bits per heavy atom. The average Bonchev–Trinajstić information content (AvgIpc) is 3.48. The quantitative estimate of drug-likeness (QED) is 0.394. The van der Waals surface area contributed by atoms with Crippen LogP contribution in [0.15, 0.2) is 61.2 Å². The van der Waals surface area contributed by atoms with Gasteiger partial charge in [-0.25, -0.2) is 23.6 Å². The van der Waals surface area contributed by atoms with Gasteiger partial charge in [-0.3, -0.25) is 0 Å². The molecule has 0 bridgehead atoms. The molecule has 10 nitrogen and oxygen atoms in total. The Hall–Kier alpha value is -4.72. The van der Waals surface area contributed by atoms with Crippen LogP contribution in [0.5, 0.6) is 5.88 Å². The molecule has 0 saturated heterocycles. The number of nitriles is 1. The number of tetrazole rings is 1. The van der Waals surface area contributed by atoms with E-state index in [1.54, 1.807) is 33.7 Å². The standard InChI is InChI=1S/C22H16FN9O/c1-14(12-31-13-25-29-30-31)33-21-4-2-3-19(27-21)20-7-8-32-22(28-20)18(11-26-32)17-9-16(23)6-5-15(17)10-24/h2-9,11,13-14H,12H2,1H3/t14-/m0/s1. The molecule has 1 atom stereocenters. The van der Waals surface area contributed by atoms with Gasteiger partial charge in [-0.1, -0.05) is 6.07 Å². The van der Waals surface area contributed by atoms with Crippen molar-refractivity contribution in [3.8, 4) is 34.5 Å². The number of aromatic nitrogens is 8. The first-order valence-electron chi connectivity index (χ1n) is 10.00.